The number of aliphatic hydroxyl groups is 4. The summed E-state index contributed by atoms with van der Waals surface area (Å²) < 4.78 is 4.81. The SMILES string of the molecule is OCC1OC[C@H](O)C(O)[C@@H]1O. The van der Waals surface area contributed by atoms with Gasteiger partial charge in [-0.25, -0.2) is 0 Å². The minimum absolute atomic E-state index is 0.0521. The molecule has 1 aliphatic rings. The molecule has 1 aliphatic heterocycles. The maximum atomic E-state index is 9.11. The van der Waals surface area contributed by atoms with Crippen LogP contribution in [0.25, 0.3) is 0 Å². The summed E-state index contributed by atoms with van der Waals surface area (Å²) in [4.78, 5) is 0. The second kappa shape index (κ2) is 3.46. The van der Waals surface area contributed by atoms with Gasteiger partial charge in [0.2, 0.25) is 0 Å². The van der Waals surface area contributed by atoms with Crippen LogP contribution in [0.1, 0.15) is 0 Å². The molecule has 0 aromatic rings. The maximum absolute atomic E-state index is 9.11. The lowest BCUT2D eigenvalue weighted by Gasteiger charge is -2.34. The molecule has 2 unspecified atom stereocenters. The lowest BCUT2D eigenvalue weighted by Crippen LogP contribution is -2.53. The second-order valence-electron chi connectivity index (χ2n) is 2.60. The molecule has 1 fully saturated rings. The van der Waals surface area contributed by atoms with Gasteiger partial charge in [0, 0.05) is 0 Å². The first kappa shape index (κ1) is 8.89. The number of hydrogen-bond donors (Lipinski definition) is 4. The predicted octanol–water partition coefficient (Wildman–Crippen LogP) is -2.54. The van der Waals surface area contributed by atoms with Crippen molar-refractivity contribution in [3.8, 4) is 0 Å². The van der Waals surface area contributed by atoms with Gasteiger partial charge in [0.05, 0.1) is 13.2 Å². The first-order chi connectivity index (χ1) is 5.16. The van der Waals surface area contributed by atoms with Gasteiger partial charge in [-0.15, -0.1) is 0 Å². The molecule has 5 nitrogen and oxygen atoms in total. The van der Waals surface area contributed by atoms with Gasteiger partial charge in [0.15, 0.2) is 0 Å². The second-order valence-corrected chi connectivity index (χ2v) is 2.60. The highest BCUT2D eigenvalue weighted by Gasteiger charge is 2.36. The van der Waals surface area contributed by atoms with Crippen LogP contribution in [0.2, 0.25) is 0 Å². The highest BCUT2D eigenvalue weighted by atomic mass is 16.5. The fourth-order valence-corrected chi connectivity index (χ4v) is 1.03. The van der Waals surface area contributed by atoms with Gasteiger partial charge >= 0.3 is 0 Å². The molecule has 0 radical (unpaired) electrons. The lowest BCUT2D eigenvalue weighted by atomic mass is 10.0. The summed E-state index contributed by atoms with van der Waals surface area (Å²) in [5.41, 5.74) is 0. The first-order valence-corrected chi connectivity index (χ1v) is 3.43. The molecule has 66 valence electrons. The van der Waals surface area contributed by atoms with Gasteiger partial charge in [-0.3, -0.25) is 0 Å². The van der Waals surface area contributed by atoms with E-state index in [1.54, 1.807) is 0 Å². The standard InChI is InChI=1S/C6H12O5/c7-1-4-6(10)5(9)3(8)2-11-4/h3-10H,1-2H2/t3-,4?,5?,6+/m0/s1. The maximum Gasteiger partial charge on any atom is 0.111 e. The summed E-state index contributed by atoms with van der Waals surface area (Å²) in [6, 6.07) is 0. The Morgan fingerprint density at radius 3 is 2.36 bits per heavy atom. The molecule has 0 saturated carbocycles. The molecule has 4 atom stereocenters. The molecule has 1 heterocycles. The molecule has 0 amide bonds. The van der Waals surface area contributed by atoms with Gasteiger partial charge in [-0.05, 0) is 0 Å². The van der Waals surface area contributed by atoms with Crippen molar-refractivity contribution in [3.05, 3.63) is 0 Å². The zero-order chi connectivity index (χ0) is 8.43. The molecular formula is C6H12O5. The van der Waals surface area contributed by atoms with Crippen LogP contribution in [0.4, 0.5) is 0 Å². The third-order valence-electron chi connectivity index (χ3n) is 1.79. The van der Waals surface area contributed by atoms with Crippen molar-refractivity contribution in [2.45, 2.75) is 24.4 Å². The third kappa shape index (κ3) is 1.69. The minimum Gasteiger partial charge on any atom is -0.394 e. The van der Waals surface area contributed by atoms with E-state index in [9.17, 15) is 0 Å². The molecular weight excluding hydrogens is 152 g/mol. The Morgan fingerprint density at radius 1 is 1.18 bits per heavy atom. The fourth-order valence-electron chi connectivity index (χ4n) is 1.03. The zero-order valence-electron chi connectivity index (χ0n) is 5.92. The summed E-state index contributed by atoms with van der Waals surface area (Å²) in [5, 5.41) is 35.7. The van der Waals surface area contributed by atoms with Crippen molar-refractivity contribution >= 4 is 0 Å². The molecule has 5 heteroatoms. The molecule has 0 bridgehead atoms. The molecule has 1 rings (SSSR count). The smallest absolute Gasteiger partial charge is 0.111 e. The number of hydrogen-bond acceptors (Lipinski definition) is 5. The topological polar surface area (TPSA) is 90.2 Å². The Hall–Kier alpha value is -0.200. The summed E-state index contributed by atoms with van der Waals surface area (Å²) in [5.74, 6) is 0. The summed E-state index contributed by atoms with van der Waals surface area (Å²) in [6.07, 6.45) is -4.27. The van der Waals surface area contributed by atoms with Crippen LogP contribution in [0.3, 0.4) is 0 Å². The molecule has 4 N–H and O–H groups in total. The van der Waals surface area contributed by atoms with E-state index in [1.807, 2.05) is 0 Å². The van der Waals surface area contributed by atoms with Gasteiger partial charge in [0.1, 0.15) is 24.4 Å². The molecule has 0 spiro atoms. The van der Waals surface area contributed by atoms with Crippen LogP contribution < -0.4 is 0 Å². The Balaban J connectivity index is 2.52. The van der Waals surface area contributed by atoms with Crippen molar-refractivity contribution in [1.82, 2.24) is 0 Å². The molecule has 1 saturated heterocycles. The molecule has 0 aromatic carbocycles. The molecule has 0 aromatic heterocycles. The average molecular weight is 164 g/mol. The normalized spacial score (nSPS) is 45.8. The van der Waals surface area contributed by atoms with E-state index in [1.165, 1.54) is 0 Å². The van der Waals surface area contributed by atoms with E-state index in [2.05, 4.69) is 0 Å². The van der Waals surface area contributed by atoms with Gasteiger partial charge in [-0.1, -0.05) is 0 Å². The fraction of sp³-hybridized carbons (Fsp3) is 1.00. The minimum atomic E-state index is -1.22. The molecule has 0 aliphatic carbocycles. The van der Waals surface area contributed by atoms with Gasteiger partial charge in [-0.2, -0.15) is 0 Å². The monoisotopic (exact) mass is 164 g/mol. The van der Waals surface area contributed by atoms with Crippen LogP contribution in [0.15, 0.2) is 0 Å². The highest BCUT2D eigenvalue weighted by Crippen LogP contribution is 2.14. The number of rotatable bonds is 1. The predicted molar refractivity (Wildman–Crippen MR) is 34.8 cm³/mol. The van der Waals surface area contributed by atoms with Crippen LogP contribution in [0.5, 0.6) is 0 Å². The Kier molecular flexibility index (Phi) is 2.80. The van der Waals surface area contributed by atoms with Crippen LogP contribution in [0, 0.1) is 0 Å². The van der Waals surface area contributed by atoms with Gasteiger partial charge in [0.25, 0.3) is 0 Å². The Bertz CT molecular complexity index is 126. The highest BCUT2D eigenvalue weighted by molar-refractivity contribution is 4.85. The van der Waals surface area contributed by atoms with Crippen LogP contribution in [-0.2, 0) is 4.74 Å². The zero-order valence-corrected chi connectivity index (χ0v) is 5.92. The number of aliphatic hydroxyl groups excluding tert-OH is 4. The van der Waals surface area contributed by atoms with E-state index >= 15 is 0 Å². The Morgan fingerprint density at radius 2 is 1.82 bits per heavy atom. The van der Waals surface area contributed by atoms with Crippen molar-refractivity contribution in [3.63, 3.8) is 0 Å². The van der Waals surface area contributed by atoms with E-state index in [0.29, 0.717) is 0 Å². The van der Waals surface area contributed by atoms with Crippen LogP contribution in [-0.4, -0.2) is 58.1 Å². The lowest BCUT2D eigenvalue weighted by molar-refractivity contribution is -0.195. The van der Waals surface area contributed by atoms with Crippen molar-refractivity contribution in [2.24, 2.45) is 0 Å². The number of ether oxygens (including phenoxy) is 1. The summed E-state index contributed by atoms with van der Waals surface area (Å²) >= 11 is 0. The molecule has 11 heavy (non-hydrogen) atoms. The summed E-state index contributed by atoms with van der Waals surface area (Å²) in [7, 11) is 0. The largest absolute Gasteiger partial charge is 0.394 e. The van der Waals surface area contributed by atoms with Crippen LogP contribution >= 0.6 is 0 Å². The third-order valence-corrected chi connectivity index (χ3v) is 1.79. The van der Waals surface area contributed by atoms with Gasteiger partial charge < -0.3 is 25.2 Å². The van der Waals surface area contributed by atoms with E-state index in [0.717, 1.165) is 0 Å². The van der Waals surface area contributed by atoms with E-state index in [-0.39, 0.29) is 13.2 Å². The van der Waals surface area contributed by atoms with Crippen molar-refractivity contribution < 1.29 is 25.2 Å². The quantitative estimate of drug-likeness (QED) is 0.343. The van der Waals surface area contributed by atoms with E-state index in [4.69, 9.17) is 25.2 Å². The first-order valence-electron chi connectivity index (χ1n) is 3.43. The van der Waals surface area contributed by atoms with E-state index < -0.39 is 24.4 Å². The summed E-state index contributed by atoms with van der Waals surface area (Å²) in [6.45, 7) is -0.408. The van der Waals surface area contributed by atoms with Crippen molar-refractivity contribution in [1.29, 1.82) is 0 Å². The average Bonchev–Trinajstić information content (AvgIpc) is 2.01. The van der Waals surface area contributed by atoms with Crippen molar-refractivity contribution in [2.75, 3.05) is 13.2 Å². The Labute approximate surface area is 63.8 Å².